The zero-order chi connectivity index (χ0) is 17.0. The Bertz CT molecular complexity index is 597. The van der Waals surface area contributed by atoms with E-state index in [0.717, 1.165) is 5.56 Å². The van der Waals surface area contributed by atoms with Crippen molar-refractivity contribution in [1.29, 1.82) is 0 Å². The van der Waals surface area contributed by atoms with Crippen LogP contribution < -0.4 is 34.7 Å². The molecule has 1 fully saturated rings. The average molecular weight is 372 g/mol. The summed E-state index contributed by atoms with van der Waals surface area (Å²) >= 11 is 0. The Balaban J connectivity index is 0.00000288. The summed E-state index contributed by atoms with van der Waals surface area (Å²) in [5, 5.41) is 30.9. The first-order chi connectivity index (χ1) is 10.8. The van der Waals surface area contributed by atoms with Gasteiger partial charge >= 0.3 is 40.0 Å². The Morgan fingerprint density at radius 3 is 2.42 bits per heavy atom. The predicted molar refractivity (Wildman–Crippen MR) is 73.2 cm³/mol. The maximum atomic E-state index is 12.1. The number of benzene rings is 1. The monoisotopic (exact) mass is 372 g/mol. The molecule has 0 unspecified atom stereocenters. The fourth-order valence-corrected chi connectivity index (χ4v) is 2.65. The van der Waals surface area contributed by atoms with E-state index in [1.54, 1.807) is 30.3 Å². The summed E-state index contributed by atoms with van der Waals surface area (Å²) in [5.41, 5.74) is 0.718. The van der Waals surface area contributed by atoms with E-state index in [-0.39, 0.29) is 36.2 Å². The fraction of sp³-hybridized carbons (Fsp3) is 0.538. The summed E-state index contributed by atoms with van der Waals surface area (Å²) < 4.78 is 45.3. The van der Waals surface area contributed by atoms with Crippen LogP contribution >= 0.6 is 0 Å². The van der Waals surface area contributed by atoms with Crippen LogP contribution in [0.2, 0.25) is 0 Å². The minimum Gasteiger partial charge on any atom is -0.848 e. The van der Waals surface area contributed by atoms with Gasteiger partial charge in [-0.15, -0.1) is 0 Å². The quantitative estimate of drug-likeness (QED) is 0.331. The van der Waals surface area contributed by atoms with Crippen molar-refractivity contribution < 1.29 is 71.5 Å². The molecule has 1 saturated heterocycles. The molecular weight excluding hydrogens is 355 g/mol. The Hall–Kier alpha value is -0.110. The van der Waals surface area contributed by atoms with Crippen LogP contribution in [0.3, 0.4) is 0 Å². The Morgan fingerprint density at radius 1 is 1.25 bits per heavy atom. The molecule has 9 nitrogen and oxygen atoms in total. The molecule has 11 heteroatoms. The van der Waals surface area contributed by atoms with Gasteiger partial charge in [-0.05, 0) is 5.56 Å². The number of hydrogen-bond donors (Lipinski definition) is 3. The Kier molecular flexibility index (Phi) is 8.73. The standard InChI is InChI=1S/C13H17O9S.Na/c14-6-9-10(15)11(16)12(22-23(17,18)19)13(21-9)20-7-8-4-2-1-3-5-8;/h1-5,9-15H,6-7H2,(H,17,18,19);/q-1;+1/t9-,10-,11+,12-,13-;/m1./s1. The van der Waals surface area contributed by atoms with E-state index < -0.39 is 47.7 Å². The fourth-order valence-electron chi connectivity index (χ4n) is 2.17. The van der Waals surface area contributed by atoms with Crippen LogP contribution in [0.4, 0.5) is 0 Å². The third-order valence-corrected chi connectivity index (χ3v) is 3.75. The van der Waals surface area contributed by atoms with Crippen molar-refractivity contribution in [2.24, 2.45) is 0 Å². The van der Waals surface area contributed by atoms with Crippen LogP contribution in [-0.2, 0) is 30.7 Å². The van der Waals surface area contributed by atoms with Gasteiger partial charge in [-0.1, -0.05) is 36.4 Å². The van der Waals surface area contributed by atoms with Gasteiger partial charge in [0.1, 0.15) is 12.2 Å². The molecule has 24 heavy (non-hydrogen) atoms. The molecule has 0 aromatic heterocycles. The summed E-state index contributed by atoms with van der Waals surface area (Å²) in [4.78, 5) is 0. The topological polar surface area (TPSA) is 146 Å². The summed E-state index contributed by atoms with van der Waals surface area (Å²) in [7, 11) is -4.95. The maximum Gasteiger partial charge on any atom is 1.00 e. The van der Waals surface area contributed by atoms with E-state index in [2.05, 4.69) is 4.18 Å². The van der Waals surface area contributed by atoms with Gasteiger partial charge in [-0.2, -0.15) is 8.42 Å². The minimum atomic E-state index is -4.95. The van der Waals surface area contributed by atoms with E-state index in [9.17, 15) is 18.6 Å². The van der Waals surface area contributed by atoms with Crippen LogP contribution in [0.15, 0.2) is 30.3 Å². The molecule has 2 rings (SSSR count). The van der Waals surface area contributed by atoms with Gasteiger partial charge in [-0.25, -0.2) is 4.18 Å². The van der Waals surface area contributed by atoms with Crippen LogP contribution in [-0.4, -0.2) is 60.5 Å². The molecule has 0 radical (unpaired) electrons. The second-order valence-corrected chi connectivity index (χ2v) is 6.01. The zero-order valence-corrected chi connectivity index (χ0v) is 15.7. The third kappa shape index (κ3) is 6.00. The number of hydrogen-bond acceptors (Lipinski definition) is 8. The number of aliphatic hydroxyl groups is 2. The molecule has 0 amide bonds. The molecule has 0 spiro atoms. The molecule has 130 valence electrons. The van der Waals surface area contributed by atoms with Crippen molar-refractivity contribution in [3.8, 4) is 0 Å². The van der Waals surface area contributed by atoms with Gasteiger partial charge < -0.3 is 24.8 Å². The van der Waals surface area contributed by atoms with Gasteiger partial charge in [0.15, 0.2) is 6.29 Å². The molecule has 1 aromatic carbocycles. The second kappa shape index (κ2) is 9.55. The SMILES string of the molecule is O=S(=O)(O)O[C@H]1[C@H](OCc2ccccc2)O[C@H](CO)[C@@H](O)[C@@H]1[O-].[Na+]. The average Bonchev–Trinajstić information content (AvgIpc) is 2.51. The molecule has 0 aliphatic carbocycles. The summed E-state index contributed by atoms with van der Waals surface area (Å²) in [5.74, 6) is 0. The Labute approximate surface area is 161 Å². The predicted octanol–water partition coefficient (Wildman–Crippen LogP) is -4.80. The van der Waals surface area contributed by atoms with Crippen molar-refractivity contribution in [1.82, 2.24) is 0 Å². The largest absolute Gasteiger partial charge is 1.00 e. The smallest absolute Gasteiger partial charge is 0.848 e. The van der Waals surface area contributed by atoms with Crippen molar-refractivity contribution in [3.05, 3.63) is 35.9 Å². The molecule has 0 bridgehead atoms. The number of rotatable bonds is 6. The minimum absolute atomic E-state index is 0. The number of ether oxygens (including phenoxy) is 2. The normalized spacial score (nSPS) is 30.6. The summed E-state index contributed by atoms with van der Waals surface area (Å²) in [6.07, 6.45) is -8.25. The molecule has 1 aliphatic heterocycles. The summed E-state index contributed by atoms with van der Waals surface area (Å²) in [6.45, 7) is -0.693. The molecule has 5 atom stereocenters. The van der Waals surface area contributed by atoms with E-state index in [4.69, 9.17) is 19.1 Å². The molecular formula is C13H17NaO9S. The van der Waals surface area contributed by atoms with Crippen molar-refractivity contribution in [3.63, 3.8) is 0 Å². The summed E-state index contributed by atoms with van der Waals surface area (Å²) in [6, 6.07) is 8.76. The van der Waals surface area contributed by atoms with E-state index in [1.807, 2.05) is 0 Å². The third-order valence-electron chi connectivity index (χ3n) is 3.29. The van der Waals surface area contributed by atoms with Gasteiger partial charge in [0.25, 0.3) is 0 Å². The molecule has 1 heterocycles. The van der Waals surface area contributed by atoms with E-state index >= 15 is 0 Å². The van der Waals surface area contributed by atoms with Crippen molar-refractivity contribution in [2.75, 3.05) is 6.61 Å². The maximum absolute atomic E-state index is 12.1. The first-order valence-electron chi connectivity index (χ1n) is 6.73. The van der Waals surface area contributed by atoms with Crippen LogP contribution in [0.1, 0.15) is 5.56 Å². The van der Waals surface area contributed by atoms with Crippen molar-refractivity contribution in [2.45, 2.75) is 37.3 Å². The Morgan fingerprint density at radius 2 is 1.88 bits per heavy atom. The molecule has 1 aliphatic rings. The molecule has 3 N–H and O–H groups in total. The van der Waals surface area contributed by atoms with E-state index in [0.29, 0.717) is 0 Å². The van der Waals surface area contributed by atoms with Gasteiger partial charge in [0, 0.05) is 0 Å². The molecule has 1 aromatic rings. The van der Waals surface area contributed by atoms with Gasteiger partial charge in [-0.3, -0.25) is 4.55 Å². The van der Waals surface area contributed by atoms with Crippen LogP contribution in [0, 0.1) is 0 Å². The molecule has 0 saturated carbocycles. The van der Waals surface area contributed by atoms with Gasteiger partial charge in [0.05, 0.1) is 19.3 Å². The van der Waals surface area contributed by atoms with E-state index in [1.165, 1.54) is 0 Å². The van der Waals surface area contributed by atoms with Gasteiger partial charge in [0.2, 0.25) is 0 Å². The second-order valence-electron chi connectivity index (χ2n) is 4.97. The number of aliphatic hydroxyl groups excluding tert-OH is 2. The van der Waals surface area contributed by atoms with Crippen LogP contribution in [0.25, 0.3) is 0 Å². The van der Waals surface area contributed by atoms with Crippen molar-refractivity contribution >= 4 is 10.4 Å². The first kappa shape index (κ1) is 21.9. The zero-order valence-electron chi connectivity index (χ0n) is 12.9. The first-order valence-corrected chi connectivity index (χ1v) is 8.10. The van der Waals surface area contributed by atoms with Crippen LogP contribution in [0.5, 0.6) is 0 Å².